The fraction of sp³-hybridized carbons (Fsp3) is 0.286. The van der Waals surface area contributed by atoms with E-state index in [9.17, 15) is 4.79 Å². The molecule has 0 fully saturated rings. The molecule has 0 aromatic rings. The fourth-order valence-corrected chi connectivity index (χ4v) is 0.518. The highest BCUT2D eigenvalue weighted by Crippen LogP contribution is 1.92. The molecule has 0 spiro atoms. The fourth-order valence-electron chi connectivity index (χ4n) is 0.518. The molecule has 1 radical (unpaired) electrons. The zero-order valence-corrected chi connectivity index (χ0v) is 5.64. The van der Waals surface area contributed by atoms with Crippen LogP contribution in [0.3, 0.4) is 0 Å². The lowest BCUT2D eigenvalue weighted by molar-refractivity contribution is -0.114. The second-order valence-corrected chi connectivity index (χ2v) is 1.75. The summed E-state index contributed by atoms with van der Waals surface area (Å²) >= 11 is 0. The number of carbonyl (C=O) groups excluding carboxylic acids is 1. The third kappa shape index (κ3) is 4.81. The molecule has 0 aliphatic carbocycles. The normalized spacial score (nSPS) is 12.4. The lowest BCUT2D eigenvalue weighted by Crippen LogP contribution is -1.90. The molecule has 0 aliphatic rings. The van der Waals surface area contributed by atoms with Gasteiger partial charge in [0.15, 0.2) is 0 Å². The van der Waals surface area contributed by atoms with Crippen LogP contribution in [0.4, 0.5) is 0 Å². The summed E-state index contributed by atoms with van der Waals surface area (Å²) in [6.45, 7) is 3.65. The maximum atomic E-state index is 10.1. The SMILES string of the molecule is CC=CC(C)=CC([NH])=O. The van der Waals surface area contributed by atoms with Gasteiger partial charge in [0.05, 0.1) is 0 Å². The van der Waals surface area contributed by atoms with Gasteiger partial charge < -0.3 is 0 Å². The number of hydrogen-bond acceptors (Lipinski definition) is 1. The minimum Gasteiger partial charge on any atom is -0.268 e. The molecule has 0 saturated carbocycles. The molecule has 0 saturated heterocycles. The number of rotatable bonds is 2. The van der Waals surface area contributed by atoms with Crippen molar-refractivity contribution in [2.24, 2.45) is 0 Å². The van der Waals surface area contributed by atoms with Crippen molar-refractivity contribution in [2.45, 2.75) is 13.8 Å². The predicted octanol–water partition coefficient (Wildman–Crippen LogP) is 1.32. The highest BCUT2D eigenvalue weighted by molar-refractivity contribution is 5.86. The van der Waals surface area contributed by atoms with Crippen molar-refractivity contribution in [3.63, 3.8) is 0 Å². The van der Waals surface area contributed by atoms with Crippen molar-refractivity contribution < 1.29 is 4.79 Å². The summed E-state index contributed by atoms with van der Waals surface area (Å²) in [4.78, 5) is 10.1. The maximum Gasteiger partial charge on any atom is 0.262 e. The third-order valence-electron chi connectivity index (χ3n) is 0.788. The van der Waals surface area contributed by atoms with Crippen LogP contribution < -0.4 is 5.73 Å². The van der Waals surface area contributed by atoms with Crippen molar-refractivity contribution in [3.05, 3.63) is 23.8 Å². The molecule has 0 rings (SSSR count). The first-order valence-corrected chi connectivity index (χ1v) is 2.73. The Hall–Kier alpha value is -1.05. The lowest BCUT2D eigenvalue weighted by atomic mass is 10.2. The van der Waals surface area contributed by atoms with E-state index in [1.165, 1.54) is 6.08 Å². The molecule has 0 aromatic carbocycles. The van der Waals surface area contributed by atoms with Crippen LogP contribution in [0.15, 0.2) is 23.8 Å². The van der Waals surface area contributed by atoms with Gasteiger partial charge >= 0.3 is 0 Å². The van der Waals surface area contributed by atoms with E-state index >= 15 is 0 Å². The third-order valence-corrected chi connectivity index (χ3v) is 0.788. The minimum absolute atomic E-state index is 0.648. The van der Waals surface area contributed by atoms with Gasteiger partial charge in [0.25, 0.3) is 5.91 Å². The molecule has 0 aliphatic heterocycles. The van der Waals surface area contributed by atoms with Crippen LogP contribution in [-0.2, 0) is 4.79 Å². The van der Waals surface area contributed by atoms with Crippen molar-refractivity contribution in [1.82, 2.24) is 5.73 Å². The molecule has 1 amide bonds. The molecule has 0 unspecified atom stereocenters. The molecular formula is C7H10NO. The van der Waals surface area contributed by atoms with Gasteiger partial charge in [-0.25, -0.2) is 0 Å². The Balaban J connectivity index is 4.00. The van der Waals surface area contributed by atoms with Crippen LogP contribution in [-0.4, -0.2) is 5.91 Å². The van der Waals surface area contributed by atoms with Gasteiger partial charge in [-0.15, -0.1) is 0 Å². The van der Waals surface area contributed by atoms with E-state index in [1.807, 2.05) is 13.0 Å². The molecule has 49 valence electrons. The number of carbonyl (C=O) groups is 1. The average Bonchev–Trinajstić information content (AvgIpc) is 1.63. The highest BCUT2D eigenvalue weighted by Gasteiger charge is 1.85. The molecule has 0 bridgehead atoms. The summed E-state index contributed by atoms with van der Waals surface area (Å²) in [7, 11) is 0. The van der Waals surface area contributed by atoms with Crippen LogP contribution in [0.5, 0.6) is 0 Å². The largest absolute Gasteiger partial charge is 0.268 e. The zero-order chi connectivity index (χ0) is 7.28. The van der Waals surface area contributed by atoms with E-state index in [0.717, 1.165) is 5.57 Å². The molecule has 1 N–H and O–H groups in total. The summed E-state index contributed by atoms with van der Waals surface area (Å²) in [6, 6.07) is 0. The van der Waals surface area contributed by atoms with Crippen molar-refractivity contribution in [2.75, 3.05) is 0 Å². The van der Waals surface area contributed by atoms with E-state index < -0.39 is 5.91 Å². The molecule has 2 nitrogen and oxygen atoms in total. The predicted molar refractivity (Wildman–Crippen MR) is 36.7 cm³/mol. The monoisotopic (exact) mass is 124 g/mol. The Labute approximate surface area is 55.1 Å². The van der Waals surface area contributed by atoms with Gasteiger partial charge in [-0.1, -0.05) is 12.2 Å². The average molecular weight is 124 g/mol. The molecule has 0 aromatic heterocycles. The maximum absolute atomic E-state index is 10.1. The Morgan fingerprint density at radius 3 is 2.44 bits per heavy atom. The van der Waals surface area contributed by atoms with Gasteiger partial charge in [-0.3, -0.25) is 10.5 Å². The Kier molecular flexibility index (Phi) is 3.44. The Bertz CT molecular complexity index is 156. The van der Waals surface area contributed by atoms with Crippen molar-refractivity contribution >= 4 is 5.91 Å². The smallest absolute Gasteiger partial charge is 0.262 e. The Morgan fingerprint density at radius 1 is 1.56 bits per heavy atom. The van der Waals surface area contributed by atoms with E-state index in [-0.39, 0.29) is 0 Å². The topological polar surface area (TPSA) is 40.9 Å². The van der Waals surface area contributed by atoms with Gasteiger partial charge in [-0.05, 0) is 19.4 Å². The lowest BCUT2D eigenvalue weighted by Gasteiger charge is -1.84. The summed E-state index contributed by atoms with van der Waals surface area (Å²) in [5.74, 6) is -0.648. The molecule has 9 heavy (non-hydrogen) atoms. The van der Waals surface area contributed by atoms with Crippen LogP contribution >= 0.6 is 0 Å². The van der Waals surface area contributed by atoms with Crippen molar-refractivity contribution in [1.29, 1.82) is 0 Å². The molecular weight excluding hydrogens is 114 g/mol. The summed E-state index contributed by atoms with van der Waals surface area (Å²) in [5, 5.41) is 0. The molecule has 0 atom stereocenters. The standard InChI is InChI=1S/C7H10NO/c1-3-4-6(2)5-7(8)9/h3-5,8H,1-2H3. The number of allylic oxidation sites excluding steroid dienone is 3. The van der Waals surface area contributed by atoms with E-state index in [0.29, 0.717) is 0 Å². The zero-order valence-electron chi connectivity index (χ0n) is 5.64. The van der Waals surface area contributed by atoms with Crippen molar-refractivity contribution in [3.8, 4) is 0 Å². The second kappa shape index (κ2) is 3.89. The van der Waals surface area contributed by atoms with Gasteiger partial charge in [0.1, 0.15) is 0 Å². The number of amides is 1. The summed E-state index contributed by atoms with van der Waals surface area (Å²) in [5.41, 5.74) is 7.35. The second-order valence-electron chi connectivity index (χ2n) is 1.75. The van der Waals surface area contributed by atoms with Crippen LogP contribution in [0.1, 0.15) is 13.8 Å². The molecule has 2 heteroatoms. The van der Waals surface area contributed by atoms with E-state index in [4.69, 9.17) is 5.73 Å². The van der Waals surface area contributed by atoms with Gasteiger partial charge in [0.2, 0.25) is 0 Å². The van der Waals surface area contributed by atoms with Crippen LogP contribution in [0, 0.1) is 0 Å². The first-order chi connectivity index (χ1) is 4.16. The molecule has 0 heterocycles. The van der Waals surface area contributed by atoms with Gasteiger partial charge in [0, 0.05) is 6.08 Å². The van der Waals surface area contributed by atoms with Crippen LogP contribution in [0.2, 0.25) is 0 Å². The van der Waals surface area contributed by atoms with E-state index in [2.05, 4.69) is 0 Å². The summed E-state index contributed by atoms with van der Waals surface area (Å²) < 4.78 is 0. The number of hydrogen-bond donors (Lipinski definition) is 0. The van der Waals surface area contributed by atoms with Crippen LogP contribution in [0.25, 0.3) is 0 Å². The highest BCUT2D eigenvalue weighted by atomic mass is 16.1. The summed E-state index contributed by atoms with van der Waals surface area (Å²) in [6.07, 6.45) is 4.89. The first-order valence-electron chi connectivity index (χ1n) is 2.73. The minimum atomic E-state index is -0.648. The van der Waals surface area contributed by atoms with Gasteiger partial charge in [-0.2, -0.15) is 0 Å². The van der Waals surface area contributed by atoms with E-state index in [1.54, 1.807) is 13.0 Å². The quantitative estimate of drug-likeness (QED) is 0.404. The Morgan fingerprint density at radius 2 is 2.11 bits per heavy atom. The number of nitrogens with one attached hydrogen (secondary N) is 1. The first kappa shape index (κ1) is 7.95.